The molecule has 1 atom stereocenters. The number of urea groups is 1. The van der Waals surface area contributed by atoms with Crippen LogP contribution in [0.2, 0.25) is 5.02 Å². The molecule has 1 aromatic heterocycles. The van der Waals surface area contributed by atoms with Crippen molar-refractivity contribution in [3.05, 3.63) is 52.1 Å². The van der Waals surface area contributed by atoms with Gasteiger partial charge in [-0.3, -0.25) is 4.79 Å². The van der Waals surface area contributed by atoms with Gasteiger partial charge < -0.3 is 20.9 Å². The maximum Gasteiger partial charge on any atom is 0.315 e. The van der Waals surface area contributed by atoms with E-state index < -0.39 is 5.82 Å². The molecule has 1 heterocycles. The standard InChI is InChI=1S/C16H16ClFN4O2/c1-19-16(24)22-13-5-3-9-10(13)7-20-14(9)15(23)21-8-2-4-12(18)11(17)6-8/h2,4,6-7,13,20H,3,5H2,1H3,(H,21,23)(H2,19,22,24). The van der Waals surface area contributed by atoms with E-state index in [1.165, 1.54) is 18.2 Å². The van der Waals surface area contributed by atoms with Crippen molar-refractivity contribution in [2.75, 3.05) is 12.4 Å². The number of hydrogen-bond donors (Lipinski definition) is 4. The maximum absolute atomic E-state index is 13.2. The number of H-pyrrole nitrogens is 1. The van der Waals surface area contributed by atoms with Gasteiger partial charge in [0.05, 0.1) is 11.1 Å². The second kappa shape index (κ2) is 6.52. The molecule has 3 rings (SSSR count). The highest BCUT2D eigenvalue weighted by Gasteiger charge is 2.29. The summed E-state index contributed by atoms with van der Waals surface area (Å²) >= 11 is 5.72. The number of aromatic amines is 1. The first-order valence-corrected chi connectivity index (χ1v) is 7.82. The summed E-state index contributed by atoms with van der Waals surface area (Å²) < 4.78 is 13.2. The predicted octanol–water partition coefficient (Wildman–Crippen LogP) is 2.98. The van der Waals surface area contributed by atoms with Gasteiger partial charge in [-0.2, -0.15) is 0 Å². The monoisotopic (exact) mass is 350 g/mol. The normalized spacial score (nSPS) is 15.7. The maximum atomic E-state index is 13.2. The Morgan fingerprint density at radius 3 is 2.88 bits per heavy atom. The first-order chi connectivity index (χ1) is 11.5. The predicted molar refractivity (Wildman–Crippen MR) is 88.8 cm³/mol. The lowest BCUT2D eigenvalue weighted by Crippen LogP contribution is -2.34. The highest BCUT2D eigenvalue weighted by molar-refractivity contribution is 6.31. The van der Waals surface area contributed by atoms with Crippen LogP contribution in [0.1, 0.15) is 34.1 Å². The number of anilines is 1. The van der Waals surface area contributed by atoms with E-state index in [0.717, 1.165) is 17.5 Å². The zero-order chi connectivity index (χ0) is 17.3. The molecule has 0 aliphatic heterocycles. The minimum absolute atomic E-state index is 0.0562. The van der Waals surface area contributed by atoms with E-state index in [4.69, 9.17) is 11.6 Å². The Balaban J connectivity index is 1.76. The molecule has 8 heteroatoms. The first-order valence-electron chi connectivity index (χ1n) is 7.44. The van der Waals surface area contributed by atoms with Crippen LogP contribution in [0.15, 0.2) is 24.4 Å². The smallest absolute Gasteiger partial charge is 0.315 e. The molecule has 3 amide bonds. The van der Waals surface area contributed by atoms with E-state index in [1.54, 1.807) is 13.2 Å². The molecular weight excluding hydrogens is 335 g/mol. The number of halogens is 2. The molecule has 1 aliphatic carbocycles. The third kappa shape index (κ3) is 3.07. The van der Waals surface area contributed by atoms with Crippen molar-refractivity contribution in [3.8, 4) is 0 Å². The van der Waals surface area contributed by atoms with Crippen molar-refractivity contribution in [1.82, 2.24) is 15.6 Å². The second-order valence-corrected chi connectivity index (χ2v) is 5.90. The van der Waals surface area contributed by atoms with E-state index in [0.29, 0.717) is 17.8 Å². The molecular formula is C16H16ClFN4O2. The third-order valence-electron chi connectivity index (χ3n) is 4.02. The number of aromatic nitrogens is 1. The van der Waals surface area contributed by atoms with Crippen LogP contribution < -0.4 is 16.0 Å². The minimum Gasteiger partial charge on any atom is -0.357 e. The van der Waals surface area contributed by atoms with Crippen LogP contribution in [0.3, 0.4) is 0 Å². The van der Waals surface area contributed by atoms with Crippen LogP contribution in [0.5, 0.6) is 0 Å². The van der Waals surface area contributed by atoms with Crippen molar-refractivity contribution in [2.45, 2.75) is 18.9 Å². The third-order valence-corrected chi connectivity index (χ3v) is 4.31. The van der Waals surface area contributed by atoms with Crippen molar-refractivity contribution in [1.29, 1.82) is 0 Å². The first kappa shape index (κ1) is 16.3. The van der Waals surface area contributed by atoms with Gasteiger partial charge in [-0.15, -0.1) is 0 Å². The highest BCUT2D eigenvalue weighted by Crippen LogP contribution is 2.33. The van der Waals surface area contributed by atoms with Crippen LogP contribution in [-0.2, 0) is 6.42 Å². The Bertz CT molecular complexity index is 805. The van der Waals surface area contributed by atoms with Gasteiger partial charge in [-0.25, -0.2) is 9.18 Å². The molecule has 1 unspecified atom stereocenters. The lowest BCUT2D eigenvalue weighted by Gasteiger charge is -2.11. The summed E-state index contributed by atoms with van der Waals surface area (Å²) in [5, 5.41) is 7.98. The van der Waals surface area contributed by atoms with Gasteiger partial charge in [-0.05, 0) is 42.2 Å². The molecule has 0 radical (unpaired) electrons. The van der Waals surface area contributed by atoms with Crippen molar-refractivity contribution in [2.24, 2.45) is 0 Å². The fourth-order valence-corrected chi connectivity index (χ4v) is 3.02. The van der Waals surface area contributed by atoms with Crippen molar-refractivity contribution in [3.63, 3.8) is 0 Å². The van der Waals surface area contributed by atoms with Gasteiger partial charge >= 0.3 is 6.03 Å². The van der Waals surface area contributed by atoms with E-state index in [-0.39, 0.29) is 23.0 Å². The quantitative estimate of drug-likeness (QED) is 0.686. The molecule has 0 saturated heterocycles. The molecule has 0 saturated carbocycles. The summed E-state index contributed by atoms with van der Waals surface area (Å²) in [5.74, 6) is -0.877. The SMILES string of the molecule is CNC(=O)NC1CCc2c1c[nH]c2C(=O)Nc1ccc(F)c(Cl)c1. The molecule has 1 aliphatic rings. The summed E-state index contributed by atoms with van der Waals surface area (Å²) in [4.78, 5) is 26.9. The summed E-state index contributed by atoms with van der Waals surface area (Å²) in [7, 11) is 1.55. The van der Waals surface area contributed by atoms with Gasteiger partial charge in [0.15, 0.2) is 0 Å². The highest BCUT2D eigenvalue weighted by atomic mass is 35.5. The zero-order valence-corrected chi connectivity index (χ0v) is 13.6. The summed E-state index contributed by atoms with van der Waals surface area (Å²) in [6, 6.07) is 3.60. The fraction of sp³-hybridized carbons (Fsp3) is 0.250. The number of fused-ring (bicyclic) bond motifs is 1. The average Bonchev–Trinajstić information content (AvgIpc) is 3.13. The lowest BCUT2D eigenvalue weighted by molar-refractivity contribution is 0.102. The van der Waals surface area contributed by atoms with E-state index in [1.807, 2.05) is 0 Å². The zero-order valence-electron chi connectivity index (χ0n) is 12.9. The van der Waals surface area contributed by atoms with Crippen molar-refractivity contribution < 1.29 is 14.0 Å². The molecule has 1 aromatic carbocycles. The van der Waals surface area contributed by atoms with Crippen LogP contribution in [0.25, 0.3) is 0 Å². The summed E-state index contributed by atoms with van der Waals surface area (Å²) in [6.45, 7) is 0. The Morgan fingerprint density at radius 2 is 2.17 bits per heavy atom. The second-order valence-electron chi connectivity index (χ2n) is 5.50. The van der Waals surface area contributed by atoms with Gasteiger partial charge in [-0.1, -0.05) is 11.6 Å². The number of amides is 3. The molecule has 0 bridgehead atoms. The molecule has 24 heavy (non-hydrogen) atoms. The Labute approximate surface area is 142 Å². The molecule has 0 fully saturated rings. The largest absolute Gasteiger partial charge is 0.357 e. The van der Waals surface area contributed by atoms with E-state index in [2.05, 4.69) is 20.9 Å². The summed E-state index contributed by atoms with van der Waals surface area (Å²) in [6.07, 6.45) is 3.14. The fourth-order valence-electron chi connectivity index (χ4n) is 2.84. The van der Waals surface area contributed by atoms with E-state index >= 15 is 0 Å². The number of carbonyl (C=O) groups excluding carboxylic acids is 2. The Hall–Kier alpha value is -2.54. The number of carbonyl (C=O) groups is 2. The van der Waals surface area contributed by atoms with Crippen LogP contribution in [0.4, 0.5) is 14.9 Å². The van der Waals surface area contributed by atoms with Gasteiger partial charge in [0.25, 0.3) is 5.91 Å². The molecule has 126 valence electrons. The Kier molecular flexibility index (Phi) is 4.44. The van der Waals surface area contributed by atoms with Crippen molar-refractivity contribution >= 4 is 29.2 Å². The number of benzene rings is 1. The van der Waals surface area contributed by atoms with Gasteiger partial charge in [0.2, 0.25) is 0 Å². The molecule has 2 aromatic rings. The Morgan fingerprint density at radius 1 is 1.38 bits per heavy atom. The number of hydrogen-bond acceptors (Lipinski definition) is 2. The van der Waals surface area contributed by atoms with E-state index in [9.17, 15) is 14.0 Å². The molecule has 4 N–H and O–H groups in total. The number of nitrogens with one attached hydrogen (secondary N) is 4. The minimum atomic E-state index is -0.543. The molecule has 6 nitrogen and oxygen atoms in total. The van der Waals surface area contributed by atoms with Gasteiger partial charge in [0, 0.05) is 18.9 Å². The lowest BCUT2D eigenvalue weighted by atomic mass is 10.1. The van der Waals surface area contributed by atoms with Crippen LogP contribution in [0, 0.1) is 5.82 Å². The average molecular weight is 351 g/mol. The number of rotatable bonds is 3. The van der Waals surface area contributed by atoms with Crippen LogP contribution in [-0.4, -0.2) is 24.0 Å². The summed E-state index contributed by atoms with van der Waals surface area (Å²) in [5.41, 5.74) is 2.63. The molecule has 0 spiro atoms. The van der Waals surface area contributed by atoms with Gasteiger partial charge in [0.1, 0.15) is 11.5 Å². The van der Waals surface area contributed by atoms with Crippen LogP contribution >= 0.6 is 11.6 Å². The topological polar surface area (TPSA) is 86.0 Å².